The first-order chi connectivity index (χ1) is 14.8. The number of likely N-dealkylation sites (tertiary alicyclic amines) is 1. The van der Waals surface area contributed by atoms with Crippen molar-refractivity contribution >= 4 is 35.1 Å². The molecule has 31 heavy (non-hydrogen) atoms. The topological polar surface area (TPSA) is 95.9 Å². The van der Waals surface area contributed by atoms with Crippen molar-refractivity contribution in [3.63, 3.8) is 0 Å². The Morgan fingerprint density at radius 1 is 1.29 bits per heavy atom. The molecule has 1 heterocycles. The first-order valence-electron chi connectivity index (χ1n) is 10.6. The molecule has 1 aromatic rings. The third-order valence-electron chi connectivity index (χ3n) is 6.13. The number of aryl methyl sites for hydroxylation is 1. The van der Waals surface area contributed by atoms with Gasteiger partial charge in [0.2, 0.25) is 11.8 Å². The summed E-state index contributed by atoms with van der Waals surface area (Å²) in [5.41, 5.74) is 1.31. The number of ether oxygens (including phenoxy) is 1. The number of carbonyl (C=O) groups is 3. The van der Waals surface area contributed by atoms with Gasteiger partial charge in [-0.15, -0.1) is 0 Å². The van der Waals surface area contributed by atoms with E-state index in [4.69, 9.17) is 16.3 Å². The molecule has 1 aromatic carbocycles. The highest BCUT2D eigenvalue weighted by Gasteiger charge is 2.56. The number of carbonyl (C=O) groups excluding carboxylic acids is 3. The van der Waals surface area contributed by atoms with Crippen LogP contribution in [-0.2, 0) is 19.1 Å². The molecule has 1 saturated heterocycles. The lowest BCUT2D eigenvalue weighted by Crippen LogP contribution is -2.45. The summed E-state index contributed by atoms with van der Waals surface area (Å²) in [5.74, 6) is -3.04. The largest absolute Gasteiger partial charge is 0.466 e. The number of anilines is 1. The quantitative estimate of drug-likeness (QED) is 0.494. The number of nitrogens with one attached hydrogen (secondary N) is 1. The molecule has 0 unspecified atom stereocenters. The molecule has 0 spiro atoms. The minimum Gasteiger partial charge on any atom is -0.466 e. The molecule has 1 aliphatic heterocycles. The zero-order valence-corrected chi connectivity index (χ0v) is 18.8. The smallest absolute Gasteiger partial charge is 0.310 e. The van der Waals surface area contributed by atoms with Crippen LogP contribution in [0.3, 0.4) is 0 Å². The van der Waals surface area contributed by atoms with E-state index in [1.807, 2.05) is 32.1 Å². The summed E-state index contributed by atoms with van der Waals surface area (Å²) < 4.78 is 5.25. The Balaban J connectivity index is 1.97. The Hall–Kier alpha value is -2.38. The fourth-order valence-electron chi connectivity index (χ4n) is 4.66. The minimum absolute atomic E-state index is 0.107. The Kier molecular flexibility index (Phi) is 7.38. The number of benzene rings is 1. The second-order valence-electron chi connectivity index (χ2n) is 8.10. The highest BCUT2D eigenvalue weighted by molar-refractivity contribution is 6.34. The Morgan fingerprint density at radius 3 is 2.68 bits per heavy atom. The zero-order valence-electron chi connectivity index (χ0n) is 18.0. The molecule has 0 radical (unpaired) electrons. The third kappa shape index (κ3) is 4.48. The van der Waals surface area contributed by atoms with Gasteiger partial charge >= 0.3 is 5.97 Å². The number of aliphatic hydroxyl groups is 1. The molecular formula is C23H29ClN2O5. The van der Waals surface area contributed by atoms with Crippen molar-refractivity contribution in [2.24, 2.45) is 23.7 Å². The van der Waals surface area contributed by atoms with Crippen molar-refractivity contribution in [2.75, 3.05) is 25.1 Å². The summed E-state index contributed by atoms with van der Waals surface area (Å²) in [6, 6.07) is 4.52. The van der Waals surface area contributed by atoms with E-state index in [0.717, 1.165) is 5.56 Å². The fourth-order valence-corrected chi connectivity index (χ4v) is 4.93. The number of aliphatic hydroxyl groups excluding tert-OH is 1. The number of para-hydroxylation sites is 1. The van der Waals surface area contributed by atoms with Gasteiger partial charge in [0.15, 0.2) is 0 Å². The van der Waals surface area contributed by atoms with E-state index in [9.17, 15) is 19.5 Å². The molecule has 2 N–H and O–H groups in total. The van der Waals surface area contributed by atoms with Crippen LogP contribution < -0.4 is 5.32 Å². The molecule has 3 rings (SSSR count). The van der Waals surface area contributed by atoms with Crippen molar-refractivity contribution in [3.8, 4) is 0 Å². The summed E-state index contributed by atoms with van der Waals surface area (Å²) in [4.78, 5) is 41.0. The normalized spacial score (nSPS) is 27.2. The van der Waals surface area contributed by atoms with Gasteiger partial charge in [-0.3, -0.25) is 14.4 Å². The van der Waals surface area contributed by atoms with Crippen LogP contribution in [-0.4, -0.2) is 53.6 Å². The summed E-state index contributed by atoms with van der Waals surface area (Å²) in [6.45, 7) is 5.78. The summed E-state index contributed by atoms with van der Waals surface area (Å²) in [5, 5.41) is 12.6. The van der Waals surface area contributed by atoms with Gasteiger partial charge in [0.05, 0.1) is 29.2 Å². The van der Waals surface area contributed by atoms with Gasteiger partial charge in [0.25, 0.3) is 0 Å². The number of esters is 1. The molecule has 2 amide bonds. The molecule has 0 saturated carbocycles. The number of hydrogen-bond acceptors (Lipinski definition) is 5. The molecular weight excluding hydrogens is 420 g/mol. The standard InChI is InChI=1S/C23H29ClN2O5/c1-4-31-23(30)17-13(2)9-10-15-18(17)22(29)26(11-6-12-27)20(15)21(28)25-19-14(3)7-5-8-16(19)24/h5,7-10,13,15,17-18,20,27H,4,6,11-12H2,1-3H3,(H,25,28)/t13-,15+,17-,18+,20+/m1/s1. The number of halogens is 1. The van der Waals surface area contributed by atoms with E-state index < -0.39 is 29.8 Å². The van der Waals surface area contributed by atoms with Gasteiger partial charge in [-0.1, -0.05) is 42.8 Å². The Labute approximate surface area is 187 Å². The fraction of sp³-hybridized carbons (Fsp3) is 0.522. The van der Waals surface area contributed by atoms with E-state index in [-0.39, 0.29) is 37.5 Å². The first kappa shape index (κ1) is 23.3. The lowest BCUT2D eigenvalue weighted by atomic mass is 9.70. The van der Waals surface area contributed by atoms with E-state index in [2.05, 4.69) is 5.32 Å². The van der Waals surface area contributed by atoms with E-state index in [1.165, 1.54) is 4.90 Å². The molecule has 0 aromatic heterocycles. The molecule has 5 atom stereocenters. The number of hydrogen-bond donors (Lipinski definition) is 2. The van der Waals surface area contributed by atoms with E-state index >= 15 is 0 Å². The van der Waals surface area contributed by atoms with Crippen molar-refractivity contribution in [1.82, 2.24) is 4.90 Å². The maximum atomic E-state index is 13.4. The second kappa shape index (κ2) is 9.83. The monoisotopic (exact) mass is 448 g/mol. The van der Waals surface area contributed by atoms with Crippen molar-refractivity contribution in [2.45, 2.75) is 33.2 Å². The van der Waals surface area contributed by atoms with Crippen LogP contribution in [0.5, 0.6) is 0 Å². The Morgan fingerprint density at radius 2 is 2.03 bits per heavy atom. The maximum Gasteiger partial charge on any atom is 0.310 e. The molecule has 1 fully saturated rings. The average Bonchev–Trinajstić information content (AvgIpc) is 3.01. The van der Waals surface area contributed by atoms with Crippen LogP contribution in [0.15, 0.2) is 30.4 Å². The van der Waals surface area contributed by atoms with Crippen LogP contribution >= 0.6 is 11.6 Å². The highest BCUT2D eigenvalue weighted by Crippen LogP contribution is 2.44. The van der Waals surface area contributed by atoms with Gasteiger partial charge in [-0.2, -0.15) is 0 Å². The predicted molar refractivity (Wildman–Crippen MR) is 117 cm³/mol. The predicted octanol–water partition coefficient (Wildman–Crippen LogP) is 2.80. The van der Waals surface area contributed by atoms with E-state index in [1.54, 1.807) is 19.1 Å². The van der Waals surface area contributed by atoms with Crippen LogP contribution in [0.4, 0.5) is 5.69 Å². The number of allylic oxidation sites excluding steroid dienone is 1. The third-order valence-corrected chi connectivity index (χ3v) is 6.44. The van der Waals surface area contributed by atoms with Crippen LogP contribution in [0, 0.1) is 30.6 Å². The van der Waals surface area contributed by atoms with Crippen LogP contribution in [0.1, 0.15) is 25.8 Å². The summed E-state index contributed by atoms with van der Waals surface area (Å²) in [6.07, 6.45) is 4.08. The van der Waals surface area contributed by atoms with Gasteiger partial charge in [-0.25, -0.2) is 0 Å². The molecule has 1 aliphatic carbocycles. The highest BCUT2D eigenvalue weighted by atomic mass is 35.5. The molecule has 0 bridgehead atoms. The van der Waals surface area contributed by atoms with Gasteiger partial charge in [0, 0.05) is 19.1 Å². The van der Waals surface area contributed by atoms with Crippen LogP contribution in [0.2, 0.25) is 5.02 Å². The van der Waals surface area contributed by atoms with E-state index in [0.29, 0.717) is 17.1 Å². The lowest BCUT2D eigenvalue weighted by Gasteiger charge is -2.32. The second-order valence-corrected chi connectivity index (χ2v) is 8.51. The average molecular weight is 449 g/mol. The maximum absolute atomic E-state index is 13.4. The summed E-state index contributed by atoms with van der Waals surface area (Å²) in [7, 11) is 0. The SMILES string of the molecule is CCOC(=O)[C@H]1[C@H]2C(=O)N(CCCO)[C@H](C(=O)Nc3c(C)cccc3Cl)[C@H]2C=C[C@H]1C. The minimum atomic E-state index is -0.805. The lowest BCUT2D eigenvalue weighted by molar-refractivity contribution is -0.155. The first-order valence-corrected chi connectivity index (χ1v) is 11.0. The van der Waals surface area contributed by atoms with Gasteiger partial charge < -0.3 is 20.1 Å². The van der Waals surface area contributed by atoms with Gasteiger partial charge in [-0.05, 0) is 37.8 Å². The van der Waals surface area contributed by atoms with Crippen LogP contribution in [0.25, 0.3) is 0 Å². The molecule has 168 valence electrons. The Bertz CT molecular complexity index is 866. The van der Waals surface area contributed by atoms with Gasteiger partial charge in [0.1, 0.15) is 6.04 Å². The van der Waals surface area contributed by atoms with Crippen molar-refractivity contribution in [3.05, 3.63) is 40.9 Å². The molecule has 7 nitrogen and oxygen atoms in total. The molecule has 2 aliphatic rings. The summed E-state index contributed by atoms with van der Waals surface area (Å²) >= 11 is 6.28. The zero-order chi connectivity index (χ0) is 22.7. The molecule has 8 heteroatoms. The van der Waals surface area contributed by atoms with Crippen molar-refractivity contribution in [1.29, 1.82) is 0 Å². The number of amides is 2. The number of nitrogens with zero attached hydrogens (tertiary/aromatic N) is 1. The van der Waals surface area contributed by atoms with Crippen molar-refractivity contribution < 1.29 is 24.2 Å². The number of rotatable bonds is 7. The number of fused-ring (bicyclic) bond motifs is 1.